The highest BCUT2D eigenvalue weighted by Gasteiger charge is 2.13. The molecule has 0 saturated heterocycles. The van der Waals surface area contributed by atoms with Crippen molar-refractivity contribution in [2.24, 2.45) is 5.73 Å². The molecule has 4 nitrogen and oxygen atoms in total. The first kappa shape index (κ1) is 14.4. The maximum Gasteiger partial charge on any atom is 0.125 e. The summed E-state index contributed by atoms with van der Waals surface area (Å²) in [5.41, 5.74) is 6.55. The highest BCUT2D eigenvalue weighted by atomic mass is 19.1. The van der Waals surface area contributed by atoms with Gasteiger partial charge in [0.15, 0.2) is 0 Å². The van der Waals surface area contributed by atoms with Crippen molar-refractivity contribution in [2.75, 3.05) is 24.6 Å². The Labute approximate surface area is 107 Å². The summed E-state index contributed by atoms with van der Waals surface area (Å²) < 4.78 is 13.2. The van der Waals surface area contributed by atoms with E-state index in [1.807, 2.05) is 4.90 Å². The fourth-order valence-corrected chi connectivity index (χ4v) is 1.82. The summed E-state index contributed by atoms with van der Waals surface area (Å²) in [5.74, 6) is -0.577. The first-order chi connectivity index (χ1) is 8.60. The molecule has 0 unspecified atom stereocenters. The fourth-order valence-electron chi connectivity index (χ4n) is 1.82. The van der Waals surface area contributed by atoms with Crippen molar-refractivity contribution in [2.45, 2.75) is 19.8 Å². The van der Waals surface area contributed by atoms with Crippen LogP contribution in [0.3, 0.4) is 0 Å². The number of aliphatic hydroxyl groups is 1. The fraction of sp³-hybridized carbons (Fsp3) is 0.462. The summed E-state index contributed by atoms with van der Waals surface area (Å²) >= 11 is 0. The molecule has 0 amide bonds. The summed E-state index contributed by atoms with van der Waals surface area (Å²) in [6.07, 6.45) is 1.99. The molecule has 4 N–H and O–H groups in total. The number of nitrogen functional groups attached to an aromatic ring is 1. The van der Waals surface area contributed by atoms with Crippen LogP contribution in [0.25, 0.3) is 0 Å². The van der Waals surface area contributed by atoms with Crippen LogP contribution in [0.15, 0.2) is 18.2 Å². The molecule has 18 heavy (non-hydrogen) atoms. The second-order valence-electron chi connectivity index (χ2n) is 4.14. The van der Waals surface area contributed by atoms with E-state index < -0.39 is 5.82 Å². The zero-order valence-corrected chi connectivity index (χ0v) is 10.6. The van der Waals surface area contributed by atoms with Crippen LogP contribution in [0, 0.1) is 11.2 Å². The molecule has 1 aromatic rings. The lowest BCUT2D eigenvalue weighted by Gasteiger charge is -2.26. The molecule has 0 aromatic heterocycles. The summed E-state index contributed by atoms with van der Waals surface area (Å²) in [7, 11) is 0. The first-order valence-electron chi connectivity index (χ1n) is 6.10. The standard InChI is InChI=1S/C13H20FN3O/c1-2-3-6-17(7-8-18)12-5-4-10(14)9-11(12)13(15)16/h4-5,9,18H,2-3,6-8H2,1H3,(H3,15,16). The van der Waals surface area contributed by atoms with E-state index in [1.54, 1.807) is 6.07 Å². The number of benzene rings is 1. The second kappa shape index (κ2) is 6.96. The van der Waals surface area contributed by atoms with Gasteiger partial charge in [0, 0.05) is 24.3 Å². The van der Waals surface area contributed by atoms with Crippen LogP contribution in [0.5, 0.6) is 0 Å². The molecule has 0 atom stereocenters. The van der Waals surface area contributed by atoms with Gasteiger partial charge in [-0.2, -0.15) is 0 Å². The number of unbranched alkanes of at least 4 members (excludes halogenated alkanes) is 1. The van der Waals surface area contributed by atoms with E-state index >= 15 is 0 Å². The second-order valence-corrected chi connectivity index (χ2v) is 4.14. The monoisotopic (exact) mass is 253 g/mol. The number of amidine groups is 1. The van der Waals surface area contributed by atoms with Crippen LogP contribution in [0.4, 0.5) is 10.1 Å². The number of nitrogens with one attached hydrogen (secondary N) is 1. The molecule has 0 spiro atoms. The topological polar surface area (TPSA) is 73.3 Å². The molecule has 1 rings (SSSR count). The van der Waals surface area contributed by atoms with Gasteiger partial charge in [-0.3, -0.25) is 5.41 Å². The van der Waals surface area contributed by atoms with Crippen LogP contribution in [0.2, 0.25) is 0 Å². The number of aliphatic hydroxyl groups excluding tert-OH is 1. The Hall–Kier alpha value is -1.62. The smallest absolute Gasteiger partial charge is 0.125 e. The molecule has 0 saturated carbocycles. The quantitative estimate of drug-likeness (QED) is 0.511. The predicted molar refractivity (Wildman–Crippen MR) is 71.6 cm³/mol. The van der Waals surface area contributed by atoms with Gasteiger partial charge in [-0.1, -0.05) is 13.3 Å². The number of nitrogens with zero attached hydrogens (tertiary/aromatic N) is 1. The van der Waals surface area contributed by atoms with E-state index in [9.17, 15) is 4.39 Å². The van der Waals surface area contributed by atoms with E-state index in [-0.39, 0.29) is 12.4 Å². The summed E-state index contributed by atoms with van der Waals surface area (Å²) in [6.45, 7) is 3.29. The molecule has 1 aromatic carbocycles. The number of hydrogen-bond donors (Lipinski definition) is 3. The molecule has 0 heterocycles. The van der Waals surface area contributed by atoms with E-state index in [1.165, 1.54) is 12.1 Å². The van der Waals surface area contributed by atoms with Gasteiger partial charge in [0.2, 0.25) is 0 Å². The van der Waals surface area contributed by atoms with Crippen molar-refractivity contribution in [1.82, 2.24) is 0 Å². The molecule has 0 fully saturated rings. The van der Waals surface area contributed by atoms with Crippen molar-refractivity contribution in [3.8, 4) is 0 Å². The number of halogens is 1. The normalized spacial score (nSPS) is 10.4. The Balaban J connectivity index is 3.05. The molecular weight excluding hydrogens is 233 g/mol. The lowest BCUT2D eigenvalue weighted by Crippen LogP contribution is -2.30. The van der Waals surface area contributed by atoms with Gasteiger partial charge in [0.05, 0.1) is 6.61 Å². The van der Waals surface area contributed by atoms with Crippen molar-refractivity contribution in [1.29, 1.82) is 5.41 Å². The van der Waals surface area contributed by atoms with Crippen molar-refractivity contribution >= 4 is 11.5 Å². The van der Waals surface area contributed by atoms with Crippen LogP contribution in [-0.2, 0) is 0 Å². The average molecular weight is 253 g/mol. The molecule has 100 valence electrons. The van der Waals surface area contributed by atoms with Crippen molar-refractivity contribution in [3.63, 3.8) is 0 Å². The SMILES string of the molecule is CCCCN(CCO)c1ccc(F)cc1C(=N)N. The zero-order chi connectivity index (χ0) is 13.5. The Morgan fingerprint density at radius 2 is 2.17 bits per heavy atom. The third-order valence-corrected chi connectivity index (χ3v) is 2.74. The minimum atomic E-state index is -0.414. The molecule has 0 radical (unpaired) electrons. The predicted octanol–water partition coefficient (Wildman–Crippen LogP) is 1.71. The Morgan fingerprint density at radius 3 is 2.72 bits per heavy atom. The Bertz CT molecular complexity index is 409. The van der Waals surface area contributed by atoms with Gasteiger partial charge in [0.1, 0.15) is 11.7 Å². The lowest BCUT2D eigenvalue weighted by atomic mass is 10.1. The van der Waals surface area contributed by atoms with Crippen molar-refractivity contribution in [3.05, 3.63) is 29.6 Å². The minimum Gasteiger partial charge on any atom is -0.395 e. The van der Waals surface area contributed by atoms with Gasteiger partial charge >= 0.3 is 0 Å². The van der Waals surface area contributed by atoms with Gasteiger partial charge in [-0.15, -0.1) is 0 Å². The molecule has 0 aliphatic heterocycles. The lowest BCUT2D eigenvalue weighted by molar-refractivity contribution is 0.301. The van der Waals surface area contributed by atoms with Gasteiger partial charge in [-0.25, -0.2) is 4.39 Å². The highest BCUT2D eigenvalue weighted by Crippen LogP contribution is 2.21. The molecule has 5 heteroatoms. The third-order valence-electron chi connectivity index (χ3n) is 2.74. The number of rotatable bonds is 7. The van der Waals surface area contributed by atoms with Crippen LogP contribution < -0.4 is 10.6 Å². The van der Waals surface area contributed by atoms with Crippen LogP contribution >= 0.6 is 0 Å². The Morgan fingerprint density at radius 1 is 1.44 bits per heavy atom. The van der Waals surface area contributed by atoms with Crippen molar-refractivity contribution < 1.29 is 9.50 Å². The highest BCUT2D eigenvalue weighted by molar-refractivity contribution is 6.00. The van der Waals surface area contributed by atoms with Gasteiger partial charge in [-0.05, 0) is 24.6 Å². The number of anilines is 1. The third kappa shape index (κ3) is 3.70. The summed E-state index contributed by atoms with van der Waals surface area (Å²) in [6, 6.07) is 4.21. The maximum absolute atomic E-state index is 13.2. The van der Waals surface area contributed by atoms with Crippen LogP contribution in [-0.4, -0.2) is 30.6 Å². The van der Waals surface area contributed by atoms with Crippen LogP contribution in [0.1, 0.15) is 25.3 Å². The molecule has 0 bridgehead atoms. The first-order valence-corrected chi connectivity index (χ1v) is 6.10. The molecular formula is C13H20FN3O. The largest absolute Gasteiger partial charge is 0.395 e. The Kier molecular flexibility index (Phi) is 5.58. The van der Waals surface area contributed by atoms with E-state index in [0.29, 0.717) is 17.8 Å². The van der Waals surface area contributed by atoms with Gasteiger partial charge in [0.25, 0.3) is 0 Å². The van der Waals surface area contributed by atoms with Gasteiger partial charge < -0.3 is 15.7 Å². The molecule has 0 aliphatic carbocycles. The minimum absolute atomic E-state index is 0.0123. The number of hydrogen-bond acceptors (Lipinski definition) is 3. The summed E-state index contributed by atoms with van der Waals surface area (Å²) in [4.78, 5) is 1.93. The zero-order valence-electron chi connectivity index (χ0n) is 10.6. The number of nitrogens with two attached hydrogens (primary N) is 1. The molecule has 0 aliphatic rings. The average Bonchev–Trinajstić information content (AvgIpc) is 2.34. The van der Waals surface area contributed by atoms with E-state index in [4.69, 9.17) is 16.2 Å². The van der Waals surface area contributed by atoms with E-state index in [2.05, 4.69) is 6.92 Å². The summed E-state index contributed by atoms with van der Waals surface area (Å²) in [5, 5.41) is 16.6. The maximum atomic E-state index is 13.2. The van der Waals surface area contributed by atoms with E-state index in [0.717, 1.165) is 19.4 Å².